The van der Waals surface area contributed by atoms with Gasteiger partial charge in [0, 0.05) is 55.7 Å². The molecule has 2 aliphatic heterocycles. The van der Waals surface area contributed by atoms with Crippen molar-refractivity contribution in [1.29, 1.82) is 0 Å². The maximum Gasteiger partial charge on any atom is 0.250 e. The van der Waals surface area contributed by atoms with Gasteiger partial charge in [-0.2, -0.15) is 4.98 Å². The lowest BCUT2D eigenvalue weighted by atomic mass is 9.83. The zero-order valence-corrected chi connectivity index (χ0v) is 18.7. The first-order valence-corrected chi connectivity index (χ1v) is 11.1. The summed E-state index contributed by atoms with van der Waals surface area (Å²) in [4.78, 5) is 31.5. The van der Waals surface area contributed by atoms with Gasteiger partial charge >= 0.3 is 0 Å². The van der Waals surface area contributed by atoms with Crippen molar-refractivity contribution in [3.63, 3.8) is 0 Å². The SMILES string of the molecule is COc1ccc(-c2noc(CCC(=O)N3C[C@H]4C[C@@H](C3)c3cccc(=O)n3C4)n2)cc1OC. The summed E-state index contributed by atoms with van der Waals surface area (Å²) in [5.41, 5.74) is 1.82. The van der Waals surface area contributed by atoms with Crippen LogP contribution >= 0.6 is 0 Å². The molecule has 9 heteroatoms. The van der Waals surface area contributed by atoms with Crippen LogP contribution in [0.5, 0.6) is 11.5 Å². The van der Waals surface area contributed by atoms with Crippen LogP contribution in [0.3, 0.4) is 0 Å². The maximum absolute atomic E-state index is 12.9. The van der Waals surface area contributed by atoms with Crippen LogP contribution in [0.4, 0.5) is 0 Å². The van der Waals surface area contributed by atoms with Gasteiger partial charge in [-0.25, -0.2) is 0 Å². The molecule has 0 N–H and O–H groups in total. The summed E-state index contributed by atoms with van der Waals surface area (Å²) < 4.78 is 17.8. The molecule has 1 aromatic carbocycles. The molecule has 5 rings (SSSR count). The molecular formula is C24H26N4O5. The number of piperidine rings is 1. The molecule has 4 heterocycles. The molecule has 9 nitrogen and oxygen atoms in total. The van der Waals surface area contributed by atoms with Gasteiger partial charge < -0.3 is 23.5 Å². The molecule has 0 saturated carbocycles. The third kappa shape index (κ3) is 4.10. The molecule has 0 unspecified atom stereocenters. The smallest absolute Gasteiger partial charge is 0.250 e. The number of aryl methyl sites for hydroxylation is 1. The van der Waals surface area contributed by atoms with E-state index in [1.54, 1.807) is 38.5 Å². The second kappa shape index (κ2) is 8.73. The first-order chi connectivity index (χ1) is 16.1. The summed E-state index contributed by atoms with van der Waals surface area (Å²) in [6, 6.07) is 10.8. The molecular weight excluding hydrogens is 424 g/mol. The first kappa shape index (κ1) is 21.2. The van der Waals surface area contributed by atoms with Gasteiger partial charge in [-0.1, -0.05) is 11.2 Å². The average Bonchev–Trinajstić information content (AvgIpc) is 3.31. The van der Waals surface area contributed by atoms with Gasteiger partial charge in [0.25, 0.3) is 5.56 Å². The van der Waals surface area contributed by atoms with Crippen LogP contribution < -0.4 is 15.0 Å². The van der Waals surface area contributed by atoms with Crippen LogP contribution in [0.25, 0.3) is 11.4 Å². The Morgan fingerprint density at radius 3 is 2.79 bits per heavy atom. The van der Waals surface area contributed by atoms with Crippen LogP contribution in [0.1, 0.15) is 30.3 Å². The van der Waals surface area contributed by atoms with E-state index in [-0.39, 0.29) is 17.4 Å². The quantitative estimate of drug-likeness (QED) is 0.569. The highest BCUT2D eigenvalue weighted by Crippen LogP contribution is 2.35. The number of rotatable bonds is 6. The van der Waals surface area contributed by atoms with Gasteiger partial charge in [0.05, 0.1) is 14.2 Å². The summed E-state index contributed by atoms with van der Waals surface area (Å²) in [6.07, 6.45) is 1.70. The Bertz CT molecular complexity index is 1230. The fourth-order valence-corrected chi connectivity index (χ4v) is 4.92. The third-order valence-electron chi connectivity index (χ3n) is 6.50. The second-order valence-electron chi connectivity index (χ2n) is 8.58. The zero-order chi connectivity index (χ0) is 22.9. The van der Waals surface area contributed by atoms with Crippen LogP contribution in [-0.2, 0) is 17.8 Å². The largest absolute Gasteiger partial charge is 0.493 e. The van der Waals surface area contributed by atoms with Crippen molar-refractivity contribution in [2.24, 2.45) is 5.92 Å². The van der Waals surface area contributed by atoms with E-state index in [9.17, 15) is 9.59 Å². The molecule has 0 radical (unpaired) electrons. The number of benzene rings is 1. The molecule has 1 amide bonds. The number of likely N-dealkylation sites (tertiary alicyclic amines) is 1. The summed E-state index contributed by atoms with van der Waals surface area (Å²) in [5, 5.41) is 4.05. The number of ether oxygens (including phenoxy) is 2. The Morgan fingerprint density at radius 2 is 1.97 bits per heavy atom. The summed E-state index contributed by atoms with van der Waals surface area (Å²) in [5.74, 6) is 2.64. The minimum Gasteiger partial charge on any atom is -0.493 e. The number of carbonyl (C=O) groups excluding carboxylic acids is 1. The Balaban J connectivity index is 1.23. The molecule has 172 valence electrons. The van der Waals surface area contributed by atoms with Gasteiger partial charge in [-0.15, -0.1) is 0 Å². The second-order valence-corrected chi connectivity index (χ2v) is 8.58. The monoisotopic (exact) mass is 450 g/mol. The molecule has 0 spiro atoms. The van der Waals surface area contributed by atoms with Crippen molar-refractivity contribution in [2.45, 2.75) is 31.7 Å². The lowest BCUT2D eigenvalue weighted by molar-refractivity contribution is -0.134. The van der Waals surface area contributed by atoms with Gasteiger partial charge in [-0.05, 0) is 36.6 Å². The van der Waals surface area contributed by atoms with Crippen molar-refractivity contribution < 1.29 is 18.8 Å². The molecule has 0 aliphatic carbocycles. The number of pyridine rings is 1. The van der Waals surface area contributed by atoms with E-state index in [2.05, 4.69) is 10.1 Å². The topological polar surface area (TPSA) is 99.7 Å². The van der Waals surface area contributed by atoms with Gasteiger partial charge in [0.1, 0.15) is 0 Å². The molecule has 2 aromatic heterocycles. The van der Waals surface area contributed by atoms with E-state index >= 15 is 0 Å². The fourth-order valence-electron chi connectivity index (χ4n) is 4.92. The van der Waals surface area contributed by atoms with Gasteiger partial charge in [-0.3, -0.25) is 9.59 Å². The molecule has 2 bridgehead atoms. The number of aromatic nitrogens is 3. The van der Waals surface area contributed by atoms with Crippen molar-refractivity contribution in [2.75, 3.05) is 27.3 Å². The summed E-state index contributed by atoms with van der Waals surface area (Å²) >= 11 is 0. The molecule has 33 heavy (non-hydrogen) atoms. The van der Waals surface area contributed by atoms with Crippen LogP contribution in [0.15, 0.2) is 45.7 Å². The maximum atomic E-state index is 12.9. The van der Waals surface area contributed by atoms with Gasteiger partial charge in [0.2, 0.25) is 17.6 Å². The minimum atomic E-state index is 0.0451. The number of hydrogen-bond acceptors (Lipinski definition) is 7. The first-order valence-electron chi connectivity index (χ1n) is 11.1. The normalized spacial score (nSPS) is 19.2. The Hall–Kier alpha value is -3.62. The number of nitrogens with zero attached hydrogens (tertiary/aromatic N) is 4. The highest BCUT2D eigenvalue weighted by molar-refractivity contribution is 5.76. The number of amides is 1. The molecule has 1 saturated heterocycles. The third-order valence-corrected chi connectivity index (χ3v) is 6.50. The molecule has 2 aliphatic rings. The predicted octanol–water partition coefficient (Wildman–Crippen LogP) is 2.49. The van der Waals surface area contributed by atoms with Crippen molar-refractivity contribution in [3.05, 3.63) is 58.3 Å². The highest BCUT2D eigenvalue weighted by atomic mass is 16.5. The van der Waals surface area contributed by atoms with Crippen molar-refractivity contribution >= 4 is 5.91 Å². The zero-order valence-electron chi connectivity index (χ0n) is 18.7. The van der Waals surface area contributed by atoms with E-state index in [0.717, 1.165) is 17.7 Å². The lowest BCUT2D eigenvalue weighted by Crippen LogP contribution is -2.49. The van der Waals surface area contributed by atoms with E-state index in [1.807, 2.05) is 21.6 Å². The van der Waals surface area contributed by atoms with E-state index in [0.29, 0.717) is 61.6 Å². The number of methoxy groups -OCH3 is 2. The van der Waals surface area contributed by atoms with Crippen LogP contribution in [0.2, 0.25) is 0 Å². The standard InChI is InChI=1S/C24H26N4O5/c1-31-19-7-6-16(11-20(19)32-2)24-25-21(33-26-24)8-9-22(29)27-12-15-10-17(14-27)18-4-3-5-23(30)28(18)13-15/h3-7,11,15,17H,8-10,12-14H2,1-2H3/t15-,17+/m1/s1. The summed E-state index contributed by atoms with van der Waals surface area (Å²) in [6.45, 7) is 1.99. The Labute approximate surface area is 190 Å². The Kier molecular flexibility index (Phi) is 5.62. The van der Waals surface area contributed by atoms with Crippen LogP contribution in [0, 0.1) is 5.92 Å². The highest BCUT2D eigenvalue weighted by Gasteiger charge is 2.36. The van der Waals surface area contributed by atoms with Crippen LogP contribution in [-0.4, -0.2) is 52.8 Å². The fraction of sp³-hybridized carbons (Fsp3) is 0.417. The number of carbonyl (C=O) groups is 1. The van der Waals surface area contributed by atoms with Gasteiger partial charge in [0.15, 0.2) is 11.5 Å². The predicted molar refractivity (Wildman–Crippen MR) is 119 cm³/mol. The van der Waals surface area contributed by atoms with Crippen molar-refractivity contribution in [3.8, 4) is 22.9 Å². The number of hydrogen-bond donors (Lipinski definition) is 0. The molecule has 3 aromatic rings. The molecule has 2 atom stereocenters. The van der Waals surface area contributed by atoms with Crippen molar-refractivity contribution in [1.82, 2.24) is 19.6 Å². The summed E-state index contributed by atoms with van der Waals surface area (Å²) in [7, 11) is 3.15. The average molecular weight is 450 g/mol. The Morgan fingerprint density at radius 1 is 1.12 bits per heavy atom. The van der Waals surface area contributed by atoms with E-state index < -0.39 is 0 Å². The molecule has 1 fully saturated rings. The minimum absolute atomic E-state index is 0.0451. The lowest BCUT2D eigenvalue weighted by Gasteiger charge is -2.42. The van der Waals surface area contributed by atoms with E-state index in [4.69, 9.17) is 14.0 Å². The van der Waals surface area contributed by atoms with E-state index in [1.165, 1.54) is 0 Å². The number of fused-ring (bicyclic) bond motifs is 4.